The van der Waals surface area contributed by atoms with Crippen LogP contribution in [0.2, 0.25) is 0 Å². The fraction of sp³-hybridized carbons (Fsp3) is 0.222. The first-order valence-electron chi connectivity index (χ1n) is 7.77. The van der Waals surface area contributed by atoms with Gasteiger partial charge in [-0.15, -0.1) is 0 Å². The van der Waals surface area contributed by atoms with Crippen LogP contribution >= 0.6 is 0 Å². The molecule has 1 aliphatic rings. The van der Waals surface area contributed by atoms with Crippen LogP contribution in [0.15, 0.2) is 48.5 Å². The first-order valence-corrected chi connectivity index (χ1v) is 7.77. The third-order valence-corrected chi connectivity index (χ3v) is 3.90. The molecule has 8 heteroatoms. The molecule has 1 aliphatic heterocycles. The second-order valence-electron chi connectivity index (χ2n) is 5.77. The number of para-hydroxylation sites is 2. The molecule has 0 aromatic heterocycles. The van der Waals surface area contributed by atoms with Crippen molar-refractivity contribution in [2.24, 2.45) is 0 Å². The maximum atomic E-state index is 12.8. The van der Waals surface area contributed by atoms with Crippen molar-refractivity contribution >= 4 is 23.2 Å². The normalized spacial score (nSPS) is 16.5. The highest BCUT2D eigenvalue weighted by atomic mass is 19.4. The molecule has 0 fully saturated rings. The van der Waals surface area contributed by atoms with Gasteiger partial charge in [-0.2, -0.15) is 13.2 Å². The number of benzene rings is 2. The minimum Gasteiger partial charge on any atom is -0.476 e. The van der Waals surface area contributed by atoms with Gasteiger partial charge >= 0.3 is 6.18 Å². The molecule has 26 heavy (non-hydrogen) atoms. The van der Waals surface area contributed by atoms with Crippen LogP contribution in [0, 0.1) is 0 Å². The summed E-state index contributed by atoms with van der Waals surface area (Å²) in [6.07, 6.45) is -5.55. The van der Waals surface area contributed by atoms with Crippen molar-refractivity contribution in [3.8, 4) is 5.75 Å². The molecule has 0 bridgehead atoms. The van der Waals surface area contributed by atoms with E-state index in [1.54, 1.807) is 24.3 Å². The number of nitrogens with one attached hydrogen (secondary N) is 1. The zero-order chi connectivity index (χ0) is 18.9. The maximum Gasteiger partial charge on any atom is 0.416 e. The van der Waals surface area contributed by atoms with Gasteiger partial charge in [-0.1, -0.05) is 18.2 Å². The number of ether oxygens (including phenoxy) is 1. The molecule has 2 amide bonds. The van der Waals surface area contributed by atoms with Crippen molar-refractivity contribution in [3.63, 3.8) is 0 Å². The van der Waals surface area contributed by atoms with Gasteiger partial charge < -0.3 is 15.0 Å². The summed E-state index contributed by atoms with van der Waals surface area (Å²) < 4.78 is 44.0. The molecule has 1 N–H and O–H groups in total. The first-order chi connectivity index (χ1) is 12.3. The summed E-state index contributed by atoms with van der Waals surface area (Å²) in [4.78, 5) is 25.7. The zero-order valence-electron chi connectivity index (χ0n) is 13.7. The molecule has 0 saturated heterocycles. The smallest absolute Gasteiger partial charge is 0.416 e. The third kappa shape index (κ3) is 3.63. The second kappa shape index (κ2) is 6.70. The molecule has 0 aliphatic carbocycles. The van der Waals surface area contributed by atoms with Crippen molar-refractivity contribution in [2.75, 3.05) is 16.8 Å². The van der Waals surface area contributed by atoms with E-state index in [0.29, 0.717) is 11.4 Å². The van der Waals surface area contributed by atoms with E-state index in [0.717, 1.165) is 12.1 Å². The summed E-state index contributed by atoms with van der Waals surface area (Å²) in [5.41, 5.74) is -0.319. The lowest BCUT2D eigenvalue weighted by Gasteiger charge is -2.33. The molecular weight excluding hydrogens is 349 g/mol. The van der Waals surface area contributed by atoms with Gasteiger partial charge in [0.05, 0.1) is 17.8 Å². The number of carbonyl (C=O) groups is 2. The quantitative estimate of drug-likeness (QED) is 0.888. The summed E-state index contributed by atoms with van der Waals surface area (Å²) in [5, 5.41) is 2.41. The molecule has 1 unspecified atom stereocenters. The Labute approximate surface area is 147 Å². The molecule has 2 aromatic carbocycles. The van der Waals surface area contributed by atoms with Gasteiger partial charge in [0.25, 0.3) is 5.91 Å². The van der Waals surface area contributed by atoms with Crippen molar-refractivity contribution in [3.05, 3.63) is 54.1 Å². The molecule has 1 atom stereocenters. The van der Waals surface area contributed by atoms with Gasteiger partial charge in [-0.3, -0.25) is 9.59 Å². The average Bonchev–Trinajstić information content (AvgIpc) is 2.60. The highest BCUT2D eigenvalue weighted by Gasteiger charge is 2.33. The molecule has 1 heterocycles. The molecule has 3 rings (SSSR count). The van der Waals surface area contributed by atoms with E-state index in [9.17, 15) is 22.8 Å². The van der Waals surface area contributed by atoms with Gasteiger partial charge in [-0.25, -0.2) is 0 Å². The maximum absolute atomic E-state index is 12.8. The zero-order valence-corrected chi connectivity index (χ0v) is 13.7. The second-order valence-corrected chi connectivity index (χ2v) is 5.77. The predicted octanol–water partition coefficient (Wildman–Crippen LogP) is 3.46. The van der Waals surface area contributed by atoms with Crippen LogP contribution in [0.25, 0.3) is 0 Å². The van der Waals surface area contributed by atoms with Gasteiger partial charge in [0, 0.05) is 12.6 Å². The Morgan fingerprint density at radius 3 is 2.58 bits per heavy atom. The van der Waals surface area contributed by atoms with Crippen LogP contribution in [0.5, 0.6) is 5.75 Å². The van der Waals surface area contributed by atoms with E-state index in [4.69, 9.17) is 4.74 Å². The largest absolute Gasteiger partial charge is 0.476 e. The highest BCUT2D eigenvalue weighted by molar-refractivity contribution is 5.99. The number of rotatable bonds is 2. The van der Waals surface area contributed by atoms with Crippen LogP contribution in [-0.2, 0) is 15.8 Å². The van der Waals surface area contributed by atoms with E-state index in [-0.39, 0.29) is 18.1 Å². The summed E-state index contributed by atoms with van der Waals surface area (Å²) in [6.45, 7) is 1.33. The summed E-state index contributed by atoms with van der Waals surface area (Å²) in [7, 11) is 0. The Kier molecular flexibility index (Phi) is 4.58. The fourth-order valence-corrected chi connectivity index (χ4v) is 2.67. The number of amides is 2. The Morgan fingerprint density at radius 1 is 1.15 bits per heavy atom. The van der Waals surface area contributed by atoms with E-state index >= 15 is 0 Å². The molecule has 0 radical (unpaired) electrons. The lowest BCUT2D eigenvalue weighted by atomic mass is 10.1. The van der Waals surface area contributed by atoms with Crippen molar-refractivity contribution in [1.29, 1.82) is 0 Å². The van der Waals surface area contributed by atoms with Crippen LogP contribution < -0.4 is 15.0 Å². The van der Waals surface area contributed by atoms with Crippen LogP contribution in [0.4, 0.5) is 24.5 Å². The lowest BCUT2D eigenvalue weighted by Crippen LogP contribution is -2.48. The molecule has 5 nitrogen and oxygen atoms in total. The van der Waals surface area contributed by atoms with Crippen molar-refractivity contribution < 1.29 is 27.5 Å². The number of alkyl halides is 3. The van der Waals surface area contributed by atoms with Gasteiger partial charge in [-0.05, 0) is 30.3 Å². The van der Waals surface area contributed by atoms with E-state index in [1.807, 2.05) is 0 Å². The Bertz CT molecular complexity index is 852. The topological polar surface area (TPSA) is 58.6 Å². The number of hydrogen-bond acceptors (Lipinski definition) is 3. The third-order valence-electron chi connectivity index (χ3n) is 3.90. The number of nitrogens with zero attached hydrogens (tertiary/aromatic N) is 1. The predicted molar refractivity (Wildman–Crippen MR) is 89.0 cm³/mol. The fourth-order valence-electron chi connectivity index (χ4n) is 2.67. The number of carbonyl (C=O) groups excluding carboxylic acids is 2. The van der Waals surface area contributed by atoms with E-state index in [1.165, 1.54) is 24.0 Å². The monoisotopic (exact) mass is 364 g/mol. The minimum absolute atomic E-state index is 0.00154. The van der Waals surface area contributed by atoms with Gasteiger partial charge in [0.2, 0.25) is 5.91 Å². The van der Waals surface area contributed by atoms with E-state index in [2.05, 4.69) is 5.32 Å². The SMILES string of the molecule is CC(=O)N1CC(C(=O)Nc2cccc(C(F)(F)F)c2)Oc2ccccc21. The summed E-state index contributed by atoms with van der Waals surface area (Å²) in [5.74, 6) is -0.541. The molecule has 0 spiro atoms. The van der Waals surface area contributed by atoms with E-state index < -0.39 is 23.8 Å². The summed E-state index contributed by atoms with van der Waals surface area (Å²) in [6, 6.07) is 11.1. The number of anilines is 2. The highest BCUT2D eigenvalue weighted by Crippen LogP contribution is 2.34. The Hall–Kier alpha value is -3.03. The molecule has 136 valence electrons. The van der Waals surface area contributed by atoms with Crippen LogP contribution in [0.1, 0.15) is 12.5 Å². The standard InChI is InChI=1S/C18H15F3N2O3/c1-11(24)23-10-16(26-15-8-3-2-7-14(15)23)17(25)22-13-6-4-5-12(9-13)18(19,20)21/h2-9,16H,10H2,1H3,(H,22,25). The molecule has 2 aromatic rings. The molecular formula is C18H15F3N2O3. The number of fused-ring (bicyclic) bond motifs is 1. The average molecular weight is 364 g/mol. The molecule has 0 saturated carbocycles. The lowest BCUT2D eigenvalue weighted by molar-refractivity contribution is -0.137. The van der Waals surface area contributed by atoms with Crippen LogP contribution in [-0.4, -0.2) is 24.5 Å². The van der Waals surface area contributed by atoms with Gasteiger partial charge in [0.15, 0.2) is 6.10 Å². The number of hydrogen-bond donors (Lipinski definition) is 1. The summed E-state index contributed by atoms with van der Waals surface area (Å²) >= 11 is 0. The van der Waals surface area contributed by atoms with Gasteiger partial charge in [0.1, 0.15) is 5.75 Å². The Morgan fingerprint density at radius 2 is 1.88 bits per heavy atom. The first kappa shape index (κ1) is 17.8. The Balaban J connectivity index is 1.80. The van der Waals surface area contributed by atoms with Crippen molar-refractivity contribution in [1.82, 2.24) is 0 Å². The minimum atomic E-state index is -4.51. The van der Waals surface area contributed by atoms with Crippen LogP contribution in [0.3, 0.4) is 0 Å². The number of halogens is 3. The van der Waals surface area contributed by atoms with Crippen molar-refractivity contribution in [2.45, 2.75) is 19.2 Å².